The van der Waals surface area contributed by atoms with Gasteiger partial charge in [-0.1, -0.05) is 33.1 Å². The Kier molecular flexibility index (Phi) is 4.21. The van der Waals surface area contributed by atoms with Crippen molar-refractivity contribution in [2.45, 2.75) is 57.8 Å². The third-order valence-electron chi connectivity index (χ3n) is 4.07. The van der Waals surface area contributed by atoms with Gasteiger partial charge in [-0.25, -0.2) is 4.98 Å². The lowest BCUT2D eigenvalue weighted by molar-refractivity contribution is 0.435. The number of H-pyrrole nitrogens is 1. The van der Waals surface area contributed by atoms with E-state index in [1.165, 1.54) is 37.8 Å². The Hall–Kier alpha value is -0.830. The number of aromatic nitrogens is 2. The minimum atomic E-state index is 0.368. The summed E-state index contributed by atoms with van der Waals surface area (Å²) < 4.78 is 0. The number of nitrogens with zero attached hydrogens (tertiary/aromatic N) is 1. The molecule has 1 unspecified atom stereocenters. The lowest BCUT2D eigenvalue weighted by Crippen LogP contribution is -2.19. The fourth-order valence-electron chi connectivity index (χ4n) is 2.86. The van der Waals surface area contributed by atoms with E-state index in [2.05, 4.69) is 23.8 Å². The monoisotopic (exact) mass is 235 g/mol. The number of hydrogen-bond acceptors (Lipinski definition) is 2. The summed E-state index contributed by atoms with van der Waals surface area (Å²) in [4.78, 5) is 8.07. The average Bonchev–Trinajstić information content (AvgIpc) is 2.80. The summed E-state index contributed by atoms with van der Waals surface area (Å²) in [6.07, 6.45) is 8.80. The van der Waals surface area contributed by atoms with Crippen molar-refractivity contribution in [2.24, 2.45) is 11.7 Å². The van der Waals surface area contributed by atoms with Crippen LogP contribution in [-0.4, -0.2) is 16.5 Å². The maximum absolute atomic E-state index is 5.83. The maximum Gasteiger partial charge on any atom is 0.110 e. The van der Waals surface area contributed by atoms with Crippen LogP contribution in [0.2, 0.25) is 0 Å². The molecule has 1 heterocycles. The Morgan fingerprint density at radius 3 is 2.65 bits per heavy atom. The summed E-state index contributed by atoms with van der Waals surface area (Å²) in [6.45, 7) is 5.09. The van der Waals surface area contributed by atoms with Gasteiger partial charge in [-0.05, 0) is 18.8 Å². The molecule has 0 spiro atoms. The second-order valence-corrected chi connectivity index (χ2v) is 5.64. The zero-order valence-corrected chi connectivity index (χ0v) is 11.1. The summed E-state index contributed by atoms with van der Waals surface area (Å²) in [5.41, 5.74) is 7.17. The molecule has 1 aromatic rings. The third kappa shape index (κ3) is 2.89. The zero-order chi connectivity index (χ0) is 12.3. The van der Waals surface area contributed by atoms with Crippen molar-refractivity contribution in [3.63, 3.8) is 0 Å². The number of rotatable bonds is 4. The van der Waals surface area contributed by atoms with Crippen LogP contribution < -0.4 is 5.73 Å². The Morgan fingerprint density at radius 2 is 2.06 bits per heavy atom. The van der Waals surface area contributed by atoms with Crippen LogP contribution in [0.25, 0.3) is 0 Å². The normalized spacial score (nSPS) is 19.8. The number of nitrogens with two attached hydrogens (primary N) is 1. The highest BCUT2D eigenvalue weighted by Crippen LogP contribution is 2.32. The van der Waals surface area contributed by atoms with Crippen LogP contribution in [0.15, 0.2) is 6.20 Å². The molecular formula is C14H25N3. The van der Waals surface area contributed by atoms with E-state index in [1.54, 1.807) is 0 Å². The molecule has 2 rings (SSSR count). The van der Waals surface area contributed by atoms with Crippen molar-refractivity contribution < 1.29 is 0 Å². The van der Waals surface area contributed by atoms with E-state index in [-0.39, 0.29) is 0 Å². The van der Waals surface area contributed by atoms with Gasteiger partial charge < -0.3 is 10.7 Å². The van der Waals surface area contributed by atoms with Crippen LogP contribution in [-0.2, 0) is 0 Å². The van der Waals surface area contributed by atoms with E-state index >= 15 is 0 Å². The second-order valence-electron chi connectivity index (χ2n) is 5.64. The summed E-state index contributed by atoms with van der Waals surface area (Å²) in [5, 5.41) is 0. The molecule has 1 saturated carbocycles. The van der Waals surface area contributed by atoms with E-state index in [9.17, 15) is 0 Å². The predicted octanol–water partition coefficient (Wildman–Crippen LogP) is 3.16. The van der Waals surface area contributed by atoms with Crippen molar-refractivity contribution in [1.82, 2.24) is 9.97 Å². The third-order valence-corrected chi connectivity index (χ3v) is 4.07. The number of nitrogens with one attached hydrogen (secondary N) is 1. The van der Waals surface area contributed by atoms with Gasteiger partial charge in [0.05, 0.1) is 0 Å². The highest BCUT2D eigenvalue weighted by atomic mass is 14.9. The van der Waals surface area contributed by atoms with Crippen molar-refractivity contribution in [3.05, 3.63) is 17.7 Å². The minimum Gasteiger partial charge on any atom is -0.345 e. The number of imidazole rings is 1. The largest absolute Gasteiger partial charge is 0.345 e. The van der Waals surface area contributed by atoms with Crippen molar-refractivity contribution in [3.8, 4) is 0 Å². The van der Waals surface area contributed by atoms with Crippen LogP contribution in [0, 0.1) is 5.92 Å². The molecule has 17 heavy (non-hydrogen) atoms. The molecule has 1 aliphatic rings. The first kappa shape index (κ1) is 12.6. The van der Waals surface area contributed by atoms with Gasteiger partial charge in [0.1, 0.15) is 5.82 Å². The Labute approximate surface area is 104 Å². The molecule has 3 heteroatoms. The average molecular weight is 235 g/mol. The molecule has 1 atom stereocenters. The molecule has 1 aromatic heterocycles. The quantitative estimate of drug-likeness (QED) is 0.842. The molecule has 1 fully saturated rings. The van der Waals surface area contributed by atoms with Gasteiger partial charge in [0, 0.05) is 30.3 Å². The Balaban J connectivity index is 2.08. The van der Waals surface area contributed by atoms with Gasteiger partial charge in [0.15, 0.2) is 0 Å². The van der Waals surface area contributed by atoms with Crippen LogP contribution in [0.3, 0.4) is 0 Å². The van der Waals surface area contributed by atoms with Crippen LogP contribution in [0.5, 0.6) is 0 Å². The first-order chi connectivity index (χ1) is 8.22. The highest BCUT2D eigenvalue weighted by Gasteiger charge is 2.21. The van der Waals surface area contributed by atoms with Crippen LogP contribution in [0.4, 0.5) is 0 Å². The molecule has 3 N–H and O–H groups in total. The Bertz CT molecular complexity index is 337. The molecule has 0 bridgehead atoms. The van der Waals surface area contributed by atoms with Crippen LogP contribution in [0.1, 0.15) is 69.3 Å². The molecular weight excluding hydrogens is 210 g/mol. The maximum atomic E-state index is 5.83. The minimum absolute atomic E-state index is 0.368. The smallest absolute Gasteiger partial charge is 0.110 e. The molecule has 0 saturated heterocycles. The molecule has 0 aliphatic heterocycles. The number of aromatic amines is 1. The summed E-state index contributed by atoms with van der Waals surface area (Å²) in [5.74, 6) is 2.70. The molecule has 0 aromatic carbocycles. The van der Waals surface area contributed by atoms with E-state index in [0.29, 0.717) is 24.3 Å². The van der Waals surface area contributed by atoms with Crippen molar-refractivity contribution in [1.29, 1.82) is 0 Å². The van der Waals surface area contributed by atoms with E-state index < -0.39 is 0 Å². The lowest BCUT2D eigenvalue weighted by atomic mass is 9.87. The molecule has 3 nitrogen and oxygen atoms in total. The van der Waals surface area contributed by atoms with Gasteiger partial charge in [0.25, 0.3) is 0 Å². The summed E-state index contributed by atoms with van der Waals surface area (Å²) in [6, 6.07) is 0. The number of hydrogen-bond donors (Lipinski definition) is 2. The highest BCUT2D eigenvalue weighted by molar-refractivity contribution is 5.11. The standard InChI is InChI=1S/C14H25N3/c1-10(2)12(8-15)14-16-9-13(17-14)11-6-4-3-5-7-11/h9-12H,3-8,15H2,1-2H3,(H,16,17). The predicted molar refractivity (Wildman–Crippen MR) is 71.0 cm³/mol. The first-order valence-corrected chi connectivity index (χ1v) is 6.97. The second kappa shape index (κ2) is 5.67. The molecule has 0 amide bonds. The first-order valence-electron chi connectivity index (χ1n) is 6.97. The summed E-state index contributed by atoms with van der Waals surface area (Å²) >= 11 is 0. The molecule has 96 valence electrons. The zero-order valence-electron chi connectivity index (χ0n) is 11.1. The van der Waals surface area contributed by atoms with Gasteiger partial charge in [-0.15, -0.1) is 0 Å². The van der Waals surface area contributed by atoms with Gasteiger partial charge in [-0.3, -0.25) is 0 Å². The van der Waals surface area contributed by atoms with E-state index in [1.807, 2.05) is 6.20 Å². The fourth-order valence-corrected chi connectivity index (χ4v) is 2.86. The Morgan fingerprint density at radius 1 is 1.35 bits per heavy atom. The van der Waals surface area contributed by atoms with Gasteiger partial charge in [0.2, 0.25) is 0 Å². The van der Waals surface area contributed by atoms with Gasteiger partial charge >= 0.3 is 0 Å². The SMILES string of the molecule is CC(C)C(CN)c1ncc(C2CCCCC2)[nH]1. The van der Waals surface area contributed by atoms with Crippen molar-refractivity contribution >= 4 is 0 Å². The molecule has 1 aliphatic carbocycles. The van der Waals surface area contributed by atoms with Crippen LogP contribution >= 0.6 is 0 Å². The lowest BCUT2D eigenvalue weighted by Gasteiger charge is -2.20. The van der Waals surface area contributed by atoms with E-state index in [0.717, 1.165) is 5.82 Å². The van der Waals surface area contributed by atoms with Gasteiger partial charge in [-0.2, -0.15) is 0 Å². The summed E-state index contributed by atoms with van der Waals surface area (Å²) in [7, 11) is 0. The topological polar surface area (TPSA) is 54.7 Å². The van der Waals surface area contributed by atoms with Crippen molar-refractivity contribution in [2.75, 3.05) is 6.54 Å². The van der Waals surface area contributed by atoms with E-state index in [4.69, 9.17) is 5.73 Å². The molecule has 0 radical (unpaired) electrons. The fraction of sp³-hybridized carbons (Fsp3) is 0.786.